The second-order valence-electron chi connectivity index (χ2n) is 5.68. The number of halogens is 1. The summed E-state index contributed by atoms with van der Waals surface area (Å²) in [5.74, 6) is 1.84. The van der Waals surface area contributed by atoms with Crippen molar-refractivity contribution >= 4 is 22.6 Å². The number of aromatic nitrogens is 4. The minimum absolute atomic E-state index is 0.435. The van der Waals surface area contributed by atoms with Gasteiger partial charge in [-0.3, -0.25) is 0 Å². The van der Waals surface area contributed by atoms with Gasteiger partial charge in [0.05, 0.1) is 19.0 Å². The van der Waals surface area contributed by atoms with Crippen molar-refractivity contribution in [1.82, 2.24) is 19.7 Å². The molecule has 0 bridgehead atoms. The lowest BCUT2D eigenvalue weighted by Crippen LogP contribution is -1.98. The number of fused-ring (bicyclic) bond motifs is 1. The summed E-state index contributed by atoms with van der Waals surface area (Å²) in [5, 5.41) is 5.81. The quantitative estimate of drug-likeness (QED) is 0.529. The Hall–Kier alpha value is -3.12. The second kappa shape index (κ2) is 6.65. The minimum Gasteiger partial charge on any atom is -0.497 e. The van der Waals surface area contributed by atoms with Gasteiger partial charge in [0.2, 0.25) is 5.88 Å². The van der Waals surface area contributed by atoms with Gasteiger partial charge in [-0.25, -0.2) is 14.6 Å². The Morgan fingerprint density at radius 3 is 2.50 bits per heavy atom. The molecule has 0 amide bonds. The van der Waals surface area contributed by atoms with Crippen molar-refractivity contribution in [2.24, 2.45) is 0 Å². The highest BCUT2D eigenvalue weighted by atomic mass is 35.5. The molecule has 4 aromatic rings. The molecule has 26 heavy (non-hydrogen) atoms. The first-order valence-corrected chi connectivity index (χ1v) is 8.30. The van der Waals surface area contributed by atoms with Crippen LogP contribution in [0.15, 0.2) is 55.0 Å². The van der Waals surface area contributed by atoms with E-state index in [1.54, 1.807) is 18.0 Å². The van der Waals surface area contributed by atoms with Gasteiger partial charge in [0.25, 0.3) is 0 Å². The zero-order valence-corrected chi connectivity index (χ0v) is 14.9. The molecule has 0 saturated carbocycles. The van der Waals surface area contributed by atoms with E-state index in [0.717, 1.165) is 17.0 Å². The minimum atomic E-state index is 0.435. The van der Waals surface area contributed by atoms with Crippen LogP contribution in [0.1, 0.15) is 5.56 Å². The van der Waals surface area contributed by atoms with E-state index in [4.69, 9.17) is 21.1 Å². The predicted molar refractivity (Wildman–Crippen MR) is 99.5 cm³/mol. The Balaban J connectivity index is 1.73. The van der Waals surface area contributed by atoms with Gasteiger partial charge < -0.3 is 9.47 Å². The summed E-state index contributed by atoms with van der Waals surface area (Å²) in [6, 6.07) is 13.0. The third kappa shape index (κ3) is 2.95. The van der Waals surface area contributed by atoms with Gasteiger partial charge >= 0.3 is 0 Å². The van der Waals surface area contributed by atoms with E-state index in [9.17, 15) is 0 Å². The molecule has 4 rings (SSSR count). The molecule has 0 aliphatic rings. The van der Waals surface area contributed by atoms with E-state index in [1.807, 2.05) is 49.4 Å². The topological polar surface area (TPSA) is 62.1 Å². The molecule has 2 aromatic heterocycles. The Kier molecular flexibility index (Phi) is 4.18. The number of benzene rings is 2. The summed E-state index contributed by atoms with van der Waals surface area (Å²) in [5.41, 5.74) is 2.47. The van der Waals surface area contributed by atoms with Crippen LogP contribution >= 0.6 is 11.6 Å². The van der Waals surface area contributed by atoms with Crippen LogP contribution in [0.3, 0.4) is 0 Å². The normalized spacial score (nSPS) is 10.9. The molecule has 0 fully saturated rings. The van der Waals surface area contributed by atoms with Crippen LogP contribution in [0, 0.1) is 6.92 Å². The number of ether oxygens (including phenoxy) is 2. The van der Waals surface area contributed by atoms with E-state index in [0.29, 0.717) is 27.7 Å². The molecule has 2 aromatic carbocycles. The molecule has 0 aliphatic carbocycles. The SMILES string of the molecule is COc1ccc(Oc2ncnc3c2cnn3-c2ccc(C)c(Cl)c2)cc1. The maximum Gasteiger partial charge on any atom is 0.233 e. The number of hydrogen-bond acceptors (Lipinski definition) is 5. The number of nitrogens with zero attached hydrogens (tertiary/aromatic N) is 4. The van der Waals surface area contributed by atoms with Crippen LogP contribution in [0.4, 0.5) is 0 Å². The third-order valence-corrected chi connectivity index (χ3v) is 4.41. The van der Waals surface area contributed by atoms with Gasteiger partial charge in [-0.1, -0.05) is 17.7 Å². The van der Waals surface area contributed by atoms with Crippen molar-refractivity contribution in [3.8, 4) is 23.1 Å². The summed E-state index contributed by atoms with van der Waals surface area (Å²) in [7, 11) is 1.62. The average Bonchev–Trinajstić information content (AvgIpc) is 3.10. The molecule has 0 aliphatic heterocycles. The van der Waals surface area contributed by atoms with Crippen molar-refractivity contribution < 1.29 is 9.47 Å². The van der Waals surface area contributed by atoms with Gasteiger partial charge in [-0.15, -0.1) is 0 Å². The van der Waals surface area contributed by atoms with E-state index in [1.165, 1.54) is 6.33 Å². The molecule has 0 unspecified atom stereocenters. The molecule has 6 nitrogen and oxygen atoms in total. The van der Waals surface area contributed by atoms with Crippen LogP contribution < -0.4 is 9.47 Å². The van der Waals surface area contributed by atoms with E-state index in [2.05, 4.69) is 15.1 Å². The highest BCUT2D eigenvalue weighted by Crippen LogP contribution is 2.29. The summed E-state index contributed by atoms with van der Waals surface area (Å²) in [6.45, 7) is 1.95. The summed E-state index contributed by atoms with van der Waals surface area (Å²) < 4.78 is 12.8. The molecule has 0 atom stereocenters. The largest absolute Gasteiger partial charge is 0.497 e. The molecule has 0 radical (unpaired) electrons. The molecule has 0 N–H and O–H groups in total. The Morgan fingerprint density at radius 2 is 1.77 bits per heavy atom. The first-order chi connectivity index (χ1) is 12.7. The molecule has 0 spiro atoms. The van der Waals surface area contributed by atoms with Crippen molar-refractivity contribution in [1.29, 1.82) is 0 Å². The van der Waals surface area contributed by atoms with Crippen LogP contribution in [0.5, 0.6) is 17.4 Å². The Labute approximate surface area is 155 Å². The number of aryl methyl sites for hydroxylation is 1. The lowest BCUT2D eigenvalue weighted by molar-refractivity contribution is 0.412. The fourth-order valence-electron chi connectivity index (χ4n) is 2.56. The second-order valence-corrected chi connectivity index (χ2v) is 6.09. The van der Waals surface area contributed by atoms with Crippen LogP contribution in [-0.2, 0) is 0 Å². The van der Waals surface area contributed by atoms with Crippen molar-refractivity contribution in [2.45, 2.75) is 6.92 Å². The van der Waals surface area contributed by atoms with Crippen LogP contribution in [0.25, 0.3) is 16.7 Å². The number of hydrogen-bond donors (Lipinski definition) is 0. The van der Waals surface area contributed by atoms with Crippen LogP contribution in [-0.4, -0.2) is 26.9 Å². The molecule has 0 saturated heterocycles. The van der Waals surface area contributed by atoms with Crippen molar-refractivity contribution in [2.75, 3.05) is 7.11 Å². The molecule has 7 heteroatoms. The number of methoxy groups -OCH3 is 1. The maximum atomic E-state index is 6.24. The Morgan fingerprint density at radius 1 is 1.00 bits per heavy atom. The Bertz CT molecular complexity index is 1080. The fraction of sp³-hybridized carbons (Fsp3) is 0.105. The molecular formula is C19H15ClN4O2. The highest BCUT2D eigenvalue weighted by molar-refractivity contribution is 6.31. The van der Waals surface area contributed by atoms with Gasteiger partial charge in [0, 0.05) is 5.02 Å². The van der Waals surface area contributed by atoms with Crippen molar-refractivity contribution in [3.63, 3.8) is 0 Å². The first kappa shape index (κ1) is 16.4. The van der Waals surface area contributed by atoms with E-state index >= 15 is 0 Å². The summed E-state index contributed by atoms with van der Waals surface area (Å²) in [6.07, 6.45) is 3.14. The number of rotatable bonds is 4. The lowest BCUT2D eigenvalue weighted by atomic mass is 10.2. The fourth-order valence-corrected chi connectivity index (χ4v) is 2.74. The lowest BCUT2D eigenvalue weighted by Gasteiger charge is -2.07. The van der Waals surface area contributed by atoms with Crippen molar-refractivity contribution in [3.05, 3.63) is 65.6 Å². The molecular weight excluding hydrogens is 352 g/mol. The third-order valence-electron chi connectivity index (χ3n) is 4.00. The zero-order valence-electron chi connectivity index (χ0n) is 14.2. The standard InChI is InChI=1S/C19H15ClN4O2/c1-12-3-4-13(9-17(12)20)24-18-16(10-23-24)19(22-11-21-18)26-15-7-5-14(25-2)6-8-15/h3-11H,1-2H3. The van der Waals surface area contributed by atoms with Gasteiger partial charge in [-0.2, -0.15) is 5.10 Å². The predicted octanol–water partition coefficient (Wildman–Crippen LogP) is 4.58. The van der Waals surface area contributed by atoms with E-state index < -0.39 is 0 Å². The first-order valence-electron chi connectivity index (χ1n) is 7.93. The smallest absolute Gasteiger partial charge is 0.233 e. The highest BCUT2D eigenvalue weighted by Gasteiger charge is 2.13. The summed E-state index contributed by atoms with van der Waals surface area (Å²) in [4.78, 5) is 8.59. The zero-order chi connectivity index (χ0) is 18.1. The van der Waals surface area contributed by atoms with Gasteiger partial charge in [0.1, 0.15) is 23.2 Å². The van der Waals surface area contributed by atoms with Crippen LogP contribution in [0.2, 0.25) is 5.02 Å². The van der Waals surface area contributed by atoms with E-state index in [-0.39, 0.29) is 0 Å². The average molecular weight is 367 g/mol. The van der Waals surface area contributed by atoms with Gasteiger partial charge in [0.15, 0.2) is 5.65 Å². The molecule has 130 valence electrons. The summed E-state index contributed by atoms with van der Waals surface area (Å²) >= 11 is 6.24. The van der Waals surface area contributed by atoms with Gasteiger partial charge in [-0.05, 0) is 48.9 Å². The molecule has 2 heterocycles. The monoisotopic (exact) mass is 366 g/mol. The maximum absolute atomic E-state index is 6.24.